The predicted molar refractivity (Wildman–Crippen MR) is 314 cm³/mol. The molecule has 6 aliphatic carbocycles. The molecule has 1 spiro atoms. The van der Waals surface area contributed by atoms with Crippen LogP contribution in [0.4, 0.5) is 0 Å². The minimum atomic E-state index is -2.22. The second-order valence-corrected chi connectivity index (χ2v) is 26.7. The van der Waals surface area contributed by atoms with E-state index in [9.17, 15) is 5.11 Å². The molecule has 7 aliphatic heterocycles. The molecule has 432 valence electrons. The lowest BCUT2D eigenvalue weighted by atomic mass is 9.47. The van der Waals surface area contributed by atoms with Gasteiger partial charge in [-0.3, -0.25) is 14.6 Å². The predicted octanol–water partition coefficient (Wildman–Crippen LogP) is 7.11. The number of aliphatic hydroxyl groups is 1. The number of carbonyl (C=O) groups is 3. The number of benzene rings is 1. The van der Waals surface area contributed by atoms with E-state index in [-0.39, 0.29) is 65.1 Å². The second-order valence-electron chi connectivity index (χ2n) is 26.7. The zero-order chi connectivity index (χ0) is 56.1. The van der Waals surface area contributed by atoms with Crippen LogP contribution in [0.1, 0.15) is 143 Å². The highest BCUT2D eigenvalue weighted by Gasteiger charge is 2.86. The van der Waals surface area contributed by atoms with E-state index in [1.54, 1.807) is 13.1 Å². The van der Waals surface area contributed by atoms with Crippen LogP contribution in [0.25, 0.3) is 0 Å². The van der Waals surface area contributed by atoms with Crippen LogP contribution in [0.2, 0.25) is 0 Å². The molecule has 6 bridgehead atoms. The summed E-state index contributed by atoms with van der Waals surface area (Å²) >= 11 is 0. The van der Waals surface area contributed by atoms with Crippen LogP contribution in [0.5, 0.6) is 0 Å². The first-order valence-electron chi connectivity index (χ1n) is 31.0. The Labute approximate surface area is 478 Å². The number of allylic oxidation sites excluding steroid dienone is 7. The van der Waals surface area contributed by atoms with Gasteiger partial charge < -0.3 is 57.5 Å². The van der Waals surface area contributed by atoms with Crippen LogP contribution < -0.4 is 43.0 Å². The van der Waals surface area contributed by atoms with E-state index in [1.807, 2.05) is 31.5 Å². The third-order valence-corrected chi connectivity index (χ3v) is 21.7. The van der Waals surface area contributed by atoms with Gasteiger partial charge in [0.25, 0.3) is 5.60 Å². The summed E-state index contributed by atoms with van der Waals surface area (Å²) in [6, 6.07) is 5.66. The molecule has 0 amide bonds. The standard InChI is InChI=1S/C66H87N9O6/c1-6-73-64-35-41-17-19-44(76)31-49(41)56-55(64)47-20-18-40(45-14-7-12-43(36-64)53(45)47)13-9-26-62(3,33-39-16-22-51(67)72-37-39)34-42-11-8-15-48-54(42)58(78)66(60(79)80-56)65(81-66,57(48)77)28-24-38(2)32-63(27-10-29-71-61(69-5)75-63)50-25-30-70-59-46(50)21-23-52(68-4)74-59/h7-8,11-12,15-16,18,20,22,24-25,36-37,40-41,44-45,47,49,51-53,55-56,68,70,72-74,76H,6,9-10,13-14,17,19,21,23,26-35,67H2,1-5H3,(H2,69,71,75). The number of aliphatic imine (C=N–C) groups is 1. The highest BCUT2D eigenvalue weighted by molar-refractivity contribution is 6.33. The molecular weight excluding hydrogens is 1010 g/mol. The quantitative estimate of drug-likeness (QED) is 0.0495. The largest absolute Gasteiger partial charge is 0.459 e. The molecule has 13 aliphatic rings. The van der Waals surface area contributed by atoms with Crippen LogP contribution in [0.3, 0.4) is 0 Å². The van der Waals surface area contributed by atoms with Gasteiger partial charge in [-0.25, -0.2) is 4.79 Å². The van der Waals surface area contributed by atoms with Gasteiger partial charge in [0, 0.05) is 61.3 Å². The molecule has 1 aromatic rings. The van der Waals surface area contributed by atoms with E-state index >= 15 is 14.4 Å². The maximum atomic E-state index is 16.4. The number of epoxide rings is 1. The van der Waals surface area contributed by atoms with Crippen molar-refractivity contribution in [3.63, 3.8) is 0 Å². The topological polar surface area (TPSA) is 216 Å². The number of likely N-dealkylation sites (N-methyl/N-ethyl adjacent to an activating group) is 1. The fourth-order valence-corrected chi connectivity index (χ4v) is 18.2. The first-order chi connectivity index (χ1) is 39.2. The van der Waals surface area contributed by atoms with Crippen molar-refractivity contribution in [1.29, 1.82) is 0 Å². The van der Waals surface area contributed by atoms with Gasteiger partial charge in [-0.2, -0.15) is 0 Å². The van der Waals surface area contributed by atoms with Crippen molar-refractivity contribution >= 4 is 23.5 Å². The minimum absolute atomic E-state index is 0.00759. The summed E-state index contributed by atoms with van der Waals surface area (Å²) in [5.41, 5.74) is 8.09. The molecule has 1 aromatic carbocycles. The van der Waals surface area contributed by atoms with Crippen LogP contribution >= 0.6 is 0 Å². The summed E-state index contributed by atoms with van der Waals surface area (Å²) in [7, 11) is 3.79. The molecular formula is C66H87N9O6. The van der Waals surface area contributed by atoms with Crippen LogP contribution in [-0.2, 0) is 20.7 Å². The van der Waals surface area contributed by atoms with E-state index < -0.39 is 46.2 Å². The fraction of sp³-hybridized carbons (Fsp3) is 0.606. The smallest absolute Gasteiger partial charge is 0.350 e. The Bertz CT molecular complexity index is 3040. The molecule has 16 atom stereocenters. The maximum Gasteiger partial charge on any atom is 0.350 e. The van der Waals surface area contributed by atoms with Gasteiger partial charge in [0.15, 0.2) is 17.3 Å². The minimum Gasteiger partial charge on any atom is -0.459 e. The maximum absolute atomic E-state index is 16.4. The lowest BCUT2D eigenvalue weighted by Crippen LogP contribution is -2.68. The number of hydrogen-bond donors (Lipinski definition) is 9. The van der Waals surface area contributed by atoms with Crippen molar-refractivity contribution in [2.75, 3.05) is 33.7 Å². The Morgan fingerprint density at radius 3 is 2.72 bits per heavy atom. The summed E-state index contributed by atoms with van der Waals surface area (Å²) in [5, 5.41) is 37.0. The lowest BCUT2D eigenvalue weighted by molar-refractivity contribution is -0.179. The Kier molecular flexibility index (Phi) is 14.1. The monoisotopic (exact) mass is 1100 g/mol. The molecule has 14 rings (SSSR count). The number of aliphatic hydroxyl groups excluding tert-OH is 1. The number of carbonyl (C=O) groups excluding carboxylic acids is 3. The van der Waals surface area contributed by atoms with Gasteiger partial charge in [-0.15, -0.1) is 0 Å². The van der Waals surface area contributed by atoms with E-state index in [4.69, 9.17) is 15.2 Å². The highest BCUT2D eigenvalue weighted by atomic mass is 16.7. The Morgan fingerprint density at radius 2 is 1.90 bits per heavy atom. The number of ketones is 2. The zero-order valence-electron chi connectivity index (χ0n) is 48.3. The summed E-state index contributed by atoms with van der Waals surface area (Å²) in [6.07, 6.45) is 33.5. The van der Waals surface area contributed by atoms with E-state index in [2.05, 4.69) is 112 Å². The van der Waals surface area contributed by atoms with Gasteiger partial charge in [-0.1, -0.05) is 92.6 Å². The van der Waals surface area contributed by atoms with Crippen LogP contribution in [0.15, 0.2) is 118 Å². The number of fused-ring (bicyclic) bond motifs is 6. The Balaban J connectivity index is 0.934. The number of hydrogen-bond acceptors (Lipinski definition) is 13. The number of rotatable bonds is 10. The van der Waals surface area contributed by atoms with Crippen molar-refractivity contribution in [3.05, 3.63) is 129 Å². The third kappa shape index (κ3) is 9.07. The summed E-state index contributed by atoms with van der Waals surface area (Å²) < 4.78 is 14.3. The van der Waals surface area contributed by atoms with Crippen LogP contribution in [-0.4, -0.2) is 109 Å². The molecule has 4 fully saturated rings. The molecule has 2 saturated heterocycles. The fourth-order valence-electron chi connectivity index (χ4n) is 18.2. The van der Waals surface area contributed by atoms with Crippen molar-refractivity contribution in [2.24, 2.45) is 57.6 Å². The average molecular weight is 1100 g/mol. The summed E-state index contributed by atoms with van der Waals surface area (Å²) in [6.45, 7) is 8.74. The number of dihydropyridines is 2. The Morgan fingerprint density at radius 1 is 1.02 bits per heavy atom. The molecule has 2 saturated carbocycles. The molecule has 0 radical (unpaired) electrons. The number of ether oxygens (including phenoxy) is 2. The first-order valence-corrected chi connectivity index (χ1v) is 31.0. The highest BCUT2D eigenvalue weighted by Crippen LogP contribution is 2.64. The van der Waals surface area contributed by atoms with Crippen molar-refractivity contribution in [2.45, 2.75) is 170 Å². The number of Topliss-reactive ketones (excluding diaryl/α,β-unsaturated/α-hetero) is 2. The summed E-state index contributed by atoms with van der Waals surface area (Å²) in [4.78, 5) is 53.5. The van der Waals surface area contributed by atoms with Gasteiger partial charge in [0.2, 0.25) is 5.78 Å². The molecule has 15 heteroatoms. The van der Waals surface area contributed by atoms with Gasteiger partial charge in [0.1, 0.15) is 11.9 Å². The van der Waals surface area contributed by atoms with Crippen molar-refractivity contribution in [1.82, 2.24) is 37.2 Å². The molecule has 0 aromatic heterocycles. The Hall–Kier alpha value is -5.58. The number of nitrogens with two attached hydrogens (primary N) is 1. The zero-order valence-corrected chi connectivity index (χ0v) is 48.3. The van der Waals surface area contributed by atoms with Crippen molar-refractivity contribution < 1.29 is 29.0 Å². The van der Waals surface area contributed by atoms with Gasteiger partial charge in [-0.05, 0) is 179 Å². The molecule has 7 heterocycles. The first kappa shape index (κ1) is 54.7. The summed E-state index contributed by atoms with van der Waals surface area (Å²) in [5.74, 6) is 0.978. The van der Waals surface area contributed by atoms with Gasteiger partial charge >= 0.3 is 5.97 Å². The molecule has 16 unspecified atom stereocenters. The number of guanidine groups is 1. The van der Waals surface area contributed by atoms with Crippen LogP contribution in [0, 0.1) is 46.8 Å². The lowest BCUT2D eigenvalue weighted by Gasteiger charge is -2.61. The molecule has 15 nitrogen and oxygen atoms in total. The number of esters is 1. The molecule has 10 N–H and O–H groups in total. The number of nitrogens with one attached hydrogen (secondary N) is 7. The third-order valence-electron chi connectivity index (χ3n) is 21.7. The second kappa shape index (κ2) is 20.9. The number of nitrogens with zero attached hydrogens (tertiary/aromatic N) is 1. The SMILES string of the molecule is CCNC12C=C3C=CCC4C5C=CC(C34)C1C(OC(=O)C13OC1(CC=C(C)CC1(C4=CCNC6=C4CCC(NC)N6)CCCNC(=NC)N1)C(=O)c1cccc(c1C3=O)CC(C)(CC1=CNC(N)C=C1)CCC5)C1CC(O)CCC1C2. The average Bonchev–Trinajstić information content (AvgIpc) is 1.68. The van der Waals surface area contributed by atoms with Gasteiger partial charge in [0.05, 0.1) is 24.0 Å². The van der Waals surface area contributed by atoms with Crippen molar-refractivity contribution in [3.8, 4) is 0 Å². The normalized spacial score (nSPS) is 41.7. The van der Waals surface area contributed by atoms with E-state index in [0.29, 0.717) is 49.6 Å². The molecule has 81 heavy (non-hydrogen) atoms. The van der Waals surface area contributed by atoms with E-state index in [0.717, 1.165) is 112 Å². The van der Waals surface area contributed by atoms with E-state index in [1.165, 1.54) is 16.7 Å².